The number of carboxylic acid groups (broad SMARTS) is 2. The highest BCUT2D eigenvalue weighted by molar-refractivity contribution is 6.76. The number of hydrogen-bond acceptors (Lipinski definition) is 12. The van der Waals surface area contributed by atoms with Gasteiger partial charge in [0, 0.05) is 47.6 Å². The monoisotopic (exact) mass is 1010 g/mol. The Morgan fingerprint density at radius 2 is 1.00 bits per heavy atom. The third kappa shape index (κ3) is 10.1. The van der Waals surface area contributed by atoms with Crippen molar-refractivity contribution < 1.29 is 47.7 Å². The summed E-state index contributed by atoms with van der Waals surface area (Å²) in [6.07, 6.45) is 16.0. The van der Waals surface area contributed by atoms with E-state index in [0.29, 0.717) is 41.2 Å². The molecule has 6 aromatic rings. The molecule has 0 saturated heterocycles. The Labute approximate surface area is 427 Å². The van der Waals surface area contributed by atoms with Gasteiger partial charge in [-0.2, -0.15) is 4.98 Å². The van der Waals surface area contributed by atoms with Gasteiger partial charge in [-0.3, -0.25) is 0 Å². The van der Waals surface area contributed by atoms with Gasteiger partial charge in [-0.15, -0.1) is 10.2 Å². The van der Waals surface area contributed by atoms with Crippen LogP contribution in [0.25, 0.3) is 45.8 Å². The topological polar surface area (TPSA) is 189 Å². The lowest BCUT2D eigenvalue weighted by atomic mass is 9.48. The first-order valence-electron chi connectivity index (χ1n) is 26.1. The predicted octanol–water partition coefficient (Wildman–Crippen LogP) is 12.4. The second-order valence-electron chi connectivity index (χ2n) is 23.5. The van der Waals surface area contributed by atoms with E-state index in [0.717, 1.165) is 64.4 Å². The zero-order valence-electron chi connectivity index (χ0n) is 42.5. The zero-order chi connectivity index (χ0) is 50.6. The van der Waals surface area contributed by atoms with Gasteiger partial charge in [-0.25, -0.2) is 9.59 Å². The summed E-state index contributed by atoms with van der Waals surface area (Å²) in [5, 5.41) is 31.2. The molecule has 2 aromatic heterocycles. The maximum absolute atomic E-state index is 11.2. The molecule has 8 saturated carbocycles. The standard InChI is InChI=1S/C29H32N2O6.C29H34N2O4Si/c1-34-25(35-2)16-36-24-8-7-22(12-23(24)29-13-17-9-18(14-29)11-19(10-17)15-29)27-31-30-26(37-27)20-3-5-21(6-4-20)28(32)33;1-36(2,3)17-34-25-9-8-23(13-24(25)29-14-18-10-19(15-29)12-20(11-18)16-29)26-30-27(35-31-26)21-4-6-22(7-5-21)28(32)33/h3-8,12,17-19,25H,9-11,13-16H2,1-2H3,(H,32,33);4-9,13,18-20H,10-12,14-17H2,1-3H3,(H,32,33). The van der Waals surface area contributed by atoms with Crippen molar-refractivity contribution in [3.05, 3.63) is 107 Å². The van der Waals surface area contributed by atoms with E-state index in [2.05, 4.69) is 58.2 Å². The second-order valence-corrected chi connectivity index (χ2v) is 28.9. The van der Waals surface area contributed by atoms with E-state index in [-0.39, 0.29) is 22.0 Å². The Hall–Kier alpha value is -6.16. The van der Waals surface area contributed by atoms with E-state index in [1.54, 1.807) is 50.6 Å². The number of aromatic nitrogens is 4. The van der Waals surface area contributed by atoms with Crippen molar-refractivity contribution in [2.24, 2.45) is 35.5 Å². The Morgan fingerprint density at radius 1 is 0.589 bits per heavy atom. The smallest absolute Gasteiger partial charge is 0.335 e. The van der Waals surface area contributed by atoms with Crippen LogP contribution in [0.5, 0.6) is 11.5 Å². The Bertz CT molecular complexity index is 2900. The molecular weight excluding hydrogens is 941 g/mol. The van der Waals surface area contributed by atoms with Crippen molar-refractivity contribution in [3.8, 4) is 57.2 Å². The van der Waals surface area contributed by atoms with Gasteiger partial charge >= 0.3 is 11.9 Å². The summed E-state index contributed by atoms with van der Waals surface area (Å²) in [5.41, 5.74) is 6.48. The molecule has 14 rings (SSSR count). The van der Waals surface area contributed by atoms with Crippen LogP contribution in [0.1, 0.15) is 109 Å². The Morgan fingerprint density at radius 3 is 1.45 bits per heavy atom. The van der Waals surface area contributed by atoms with Crippen molar-refractivity contribution >= 4 is 20.0 Å². The van der Waals surface area contributed by atoms with Crippen LogP contribution in [-0.4, -0.2) is 83.9 Å². The highest BCUT2D eigenvalue weighted by Gasteiger charge is 2.54. The van der Waals surface area contributed by atoms with Crippen molar-refractivity contribution in [3.63, 3.8) is 0 Å². The van der Waals surface area contributed by atoms with Crippen LogP contribution in [0.15, 0.2) is 93.9 Å². The van der Waals surface area contributed by atoms with Gasteiger partial charge in [0.1, 0.15) is 18.1 Å². The first kappa shape index (κ1) is 49.1. The lowest BCUT2D eigenvalue weighted by Crippen LogP contribution is -2.48. The van der Waals surface area contributed by atoms with Gasteiger partial charge in [-0.1, -0.05) is 24.8 Å². The molecule has 0 spiro atoms. The minimum atomic E-state index is -1.37. The van der Waals surface area contributed by atoms with Crippen LogP contribution in [-0.2, 0) is 20.3 Å². The molecule has 0 radical (unpaired) electrons. The van der Waals surface area contributed by atoms with Crippen LogP contribution in [0.2, 0.25) is 19.6 Å². The van der Waals surface area contributed by atoms with Gasteiger partial charge in [0.2, 0.25) is 17.6 Å². The summed E-state index contributed by atoms with van der Waals surface area (Å²) >= 11 is 0. The number of benzene rings is 4. The van der Waals surface area contributed by atoms with Gasteiger partial charge in [0.15, 0.2) is 6.29 Å². The fraction of sp³-hybridized carbons (Fsp3) is 0.483. The average molecular weight is 1010 g/mol. The van der Waals surface area contributed by atoms with Gasteiger partial charge in [0.25, 0.3) is 5.89 Å². The first-order valence-corrected chi connectivity index (χ1v) is 29.8. The largest absolute Gasteiger partial charge is 0.497 e. The number of carboxylic acids is 2. The fourth-order valence-corrected chi connectivity index (χ4v) is 15.0. The number of ether oxygens (including phenoxy) is 4. The van der Waals surface area contributed by atoms with Crippen molar-refractivity contribution in [2.45, 2.75) is 114 Å². The molecule has 0 unspecified atom stereocenters. The van der Waals surface area contributed by atoms with Gasteiger partial charge < -0.3 is 38.1 Å². The van der Waals surface area contributed by atoms with E-state index in [9.17, 15) is 9.59 Å². The highest BCUT2D eigenvalue weighted by Crippen LogP contribution is 2.63. The quantitative estimate of drug-likeness (QED) is 0.0688. The molecule has 14 nitrogen and oxygen atoms in total. The average Bonchev–Trinajstić information content (AvgIpc) is 4.07. The maximum atomic E-state index is 11.2. The van der Waals surface area contributed by atoms with Crippen LogP contribution in [0, 0.1) is 35.5 Å². The van der Waals surface area contributed by atoms with E-state index in [4.69, 9.17) is 38.1 Å². The molecule has 382 valence electrons. The minimum Gasteiger partial charge on any atom is -0.497 e. The molecule has 8 aliphatic rings. The number of nitrogens with zero attached hydrogens (tertiary/aromatic N) is 4. The lowest BCUT2D eigenvalue weighted by Gasteiger charge is -2.57. The van der Waals surface area contributed by atoms with Crippen LogP contribution < -0.4 is 9.47 Å². The first-order chi connectivity index (χ1) is 35.1. The molecule has 15 heteroatoms. The van der Waals surface area contributed by atoms with E-state index in [1.165, 1.54) is 100 Å². The summed E-state index contributed by atoms with van der Waals surface area (Å²) in [4.78, 5) is 27.0. The lowest BCUT2D eigenvalue weighted by molar-refractivity contribution is -0.122. The molecule has 73 heavy (non-hydrogen) atoms. The number of methoxy groups -OCH3 is 2. The van der Waals surface area contributed by atoms with Crippen LogP contribution in [0.3, 0.4) is 0 Å². The third-order valence-corrected chi connectivity index (χ3v) is 17.9. The highest BCUT2D eigenvalue weighted by atomic mass is 28.3. The molecular formula is C58H66N4O10Si. The fourth-order valence-electron chi connectivity index (χ4n) is 14.4. The molecule has 8 fully saturated rings. The minimum absolute atomic E-state index is 0.102. The molecule has 8 bridgehead atoms. The van der Waals surface area contributed by atoms with Gasteiger partial charge in [0.05, 0.1) is 25.4 Å². The Balaban J connectivity index is 0.000000157. The number of carbonyl (C=O) groups is 2. The SMILES string of the molecule is COC(COc1ccc(-c2nnc(-c3ccc(C(=O)O)cc3)o2)cc1C12CC3CC(CC(C3)C1)C2)OC.C[Si](C)(C)COc1ccc(-c2noc(-c3ccc(C(=O)O)cc3)n2)cc1C12CC3CC(CC(C3)C1)C2. The van der Waals surface area contributed by atoms with Gasteiger partial charge in [-0.05, 0) is 208 Å². The number of hydrogen-bond donors (Lipinski definition) is 2. The van der Waals surface area contributed by atoms with Crippen molar-refractivity contribution in [1.82, 2.24) is 20.3 Å². The molecule has 0 atom stereocenters. The zero-order valence-corrected chi connectivity index (χ0v) is 43.5. The van der Waals surface area contributed by atoms with Crippen molar-refractivity contribution in [1.29, 1.82) is 0 Å². The van der Waals surface area contributed by atoms with Crippen molar-refractivity contribution in [2.75, 3.05) is 27.1 Å². The number of rotatable bonds is 16. The molecule has 2 N–H and O–H groups in total. The summed E-state index contributed by atoms with van der Waals surface area (Å²) in [6.45, 7) is 7.34. The van der Waals surface area contributed by atoms with E-state index < -0.39 is 26.3 Å². The second kappa shape index (κ2) is 19.6. The molecule has 4 aromatic carbocycles. The molecule has 0 amide bonds. The van der Waals surface area contributed by atoms with Crippen LogP contribution >= 0.6 is 0 Å². The Kier molecular flexibility index (Phi) is 13.2. The maximum Gasteiger partial charge on any atom is 0.335 e. The summed E-state index contributed by atoms with van der Waals surface area (Å²) < 4.78 is 35.2. The number of aromatic carboxylic acids is 2. The normalized spacial score (nSPS) is 26.4. The predicted molar refractivity (Wildman–Crippen MR) is 276 cm³/mol. The molecule has 0 aliphatic heterocycles. The summed E-state index contributed by atoms with van der Waals surface area (Å²) in [5.74, 6) is 6.60. The summed E-state index contributed by atoms with van der Waals surface area (Å²) in [7, 11) is 1.86. The van der Waals surface area contributed by atoms with Crippen LogP contribution in [0.4, 0.5) is 0 Å². The summed E-state index contributed by atoms with van der Waals surface area (Å²) in [6, 6.07) is 25.5. The van der Waals surface area contributed by atoms with E-state index in [1.807, 2.05) is 18.2 Å². The van der Waals surface area contributed by atoms with E-state index >= 15 is 0 Å². The molecule has 2 heterocycles. The third-order valence-electron chi connectivity index (χ3n) is 16.9. The molecule has 8 aliphatic carbocycles.